The molecule has 140 valence electrons. The molecule has 28 heavy (non-hydrogen) atoms. The molecule has 0 unspecified atom stereocenters. The van der Waals surface area contributed by atoms with E-state index in [1.54, 1.807) is 12.1 Å². The van der Waals surface area contributed by atoms with E-state index < -0.39 is 0 Å². The minimum absolute atomic E-state index is 0.169. The van der Waals surface area contributed by atoms with Crippen molar-refractivity contribution in [3.8, 4) is 17.1 Å². The summed E-state index contributed by atoms with van der Waals surface area (Å²) in [6, 6.07) is 20.7. The van der Waals surface area contributed by atoms with Crippen molar-refractivity contribution in [2.24, 2.45) is 0 Å². The van der Waals surface area contributed by atoms with Gasteiger partial charge in [0.05, 0.1) is 5.39 Å². The lowest BCUT2D eigenvalue weighted by molar-refractivity contribution is 0.298. The molecule has 3 aromatic carbocycles. The summed E-state index contributed by atoms with van der Waals surface area (Å²) in [5.74, 6) is 0.659. The molecule has 0 spiro atoms. The molecule has 0 radical (unpaired) electrons. The van der Waals surface area contributed by atoms with Crippen LogP contribution in [0.4, 0.5) is 0 Å². The molecule has 0 aliphatic carbocycles. The molecule has 1 aromatic heterocycles. The highest BCUT2D eigenvalue weighted by atomic mass is 35.5. The number of aryl methyl sites for hydroxylation is 2. The maximum absolute atomic E-state index is 13.3. The Morgan fingerprint density at radius 2 is 1.61 bits per heavy atom. The minimum atomic E-state index is -0.169. The van der Waals surface area contributed by atoms with Crippen LogP contribution in [0.25, 0.3) is 22.3 Å². The SMILES string of the molecule is Cc1cc2oc(-c3ccccc3)c(OCc3ccc(Cl)cc3)c(=O)c2cc1C. The number of benzene rings is 3. The Balaban J connectivity index is 1.86. The summed E-state index contributed by atoms with van der Waals surface area (Å²) in [5.41, 5.74) is 4.22. The molecular weight excluding hydrogens is 372 g/mol. The Hall–Kier alpha value is -3.04. The van der Waals surface area contributed by atoms with Crippen LogP contribution >= 0.6 is 11.6 Å². The highest BCUT2D eigenvalue weighted by Crippen LogP contribution is 2.32. The summed E-state index contributed by atoms with van der Waals surface area (Å²) in [6.07, 6.45) is 0. The van der Waals surface area contributed by atoms with Gasteiger partial charge in [-0.25, -0.2) is 0 Å². The van der Waals surface area contributed by atoms with Crippen LogP contribution in [0.3, 0.4) is 0 Å². The largest absolute Gasteiger partial charge is 0.481 e. The van der Waals surface area contributed by atoms with E-state index in [0.717, 1.165) is 22.3 Å². The third-order valence-corrected chi connectivity index (χ3v) is 5.05. The van der Waals surface area contributed by atoms with Crippen LogP contribution in [-0.4, -0.2) is 0 Å². The van der Waals surface area contributed by atoms with E-state index in [1.165, 1.54) is 0 Å². The van der Waals surface area contributed by atoms with Gasteiger partial charge in [0.2, 0.25) is 11.2 Å². The molecule has 0 N–H and O–H groups in total. The molecule has 0 atom stereocenters. The lowest BCUT2D eigenvalue weighted by Gasteiger charge is -2.13. The summed E-state index contributed by atoms with van der Waals surface area (Å²) in [4.78, 5) is 13.3. The molecule has 0 aliphatic rings. The zero-order chi connectivity index (χ0) is 19.7. The van der Waals surface area contributed by atoms with Crippen LogP contribution in [-0.2, 0) is 6.61 Å². The molecule has 0 saturated carbocycles. The monoisotopic (exact) mass is 390 g/mol. The third-order valence-electron chi connectivity index (χ3n) is 4.80. The van der Waals surface area contributed by atoms with E-state index in [2.05, 4.69) is 0 Å². The first kappa shape index (κ1) is 18.3. The average Bonchev–Trinajstić information content (AvgIpc) is 2.71. The molecule has 4 aromatic rings. The fourth-order valence-corrected chi connectivity index (χ4v) is 3.21. The standard InChI is InChI=1S/C24H19ClO3/c1-15-12-20-21(13-16(15)2)28-23(18-6-4-3-5-7-18)24(22(20)26)27-14-17-8-10-19(25)11-9-17/h3-13H,14H2,1-2H3. The lowest BCUT2D eigenvalue weighted by Crippen LogP contribution is -2.10. The quantitative estimate of drug-likeness (QED) is 0.410. The van der Waals surface area contributed by atoms with Crippen molar-refractivity contribution in [3.05, 3.63) is 98.7 Å². The molecule has 1 heterocycles. The Morgan fingerprint density at radius 1 is 0.929 bits per heavy atom. The molecule has 4 heteroatoms. The number of halogens is 1. The van der Waals surface area contributed by atoms with E-state index >= 15 is 0 Å². The van der Waals surface area contributed by atoms with Crippen LogP contribution in [0.2, 0.25) is 5.02 Å². The summed E-state index contributed by atoms with van der Waals surface area (Å²) in [5, 5.41) is 1.18. The van der Waals surface area contributed by atoms with E-state index in [1.807, 2.05) is 68.4 Å². The fourth-order valence-electron chi connectivity index (χ4n) is 3.08. The van der Waals surface area contributed by atoms with Crippen LogP contribution in [0.1, 0.15) is 16.7 Å². The Morgan fingerprint density at radius 3 is 2.32 bits per heavy atom. The first-order chi connectivity index (χ1) is 13.5. The zero-order valence-electron chi connectivity index (χ0n) is 15.7. The molecule has 0 bridgehead atoms. The second-order valence-electron chi connectivity index (χ2n) is 6.80. The maximum atomic E-state index is 13.3. The first-order valence-corrected chi connectivity index (χ1v) is 9.41. The van der Waals surface area contributed by atoms with Crippen LogP contribution in [0, 0.1) is 13.8 Å². The molecular formula is C24H19ClO3. The van der Waals surface area contributed by atoms with E-state index in [-0.39, 0.29) is 17.8 Å². The average molecular weight is 391 g/mol. The van der Waals surface area contributed by atoms with Gasteiger partial charge in [-0.05, 0) is 54.8 Å². The van der Waals surface area contributed by atoms with Crippen molar-refractivity contribution in [1.82, 2.24) is 0 Å². The van der Waals surface area contributed by atoms with Gasteiger partial charge in [0, 0.05) is 10.6 Å². The smallest absolute Gasteiger partial charge is 0.235 e. The molecule has 3 nitrogen and oxygen atoms in total. The number of rotatable bonds is 4. The summed E-state index contributed by atoms with van der Waals surface area (Å²) in [6.45, 7) is 4.23. The first-order valence-electron chi connectivity index (χ1n) is 9.03. The highest BCUT2D eigenvalue weighted by Gasteiger charge is 2.18. The van der Waals surface area contributed by atoms with Gasteiger partial charge in [0.1, 0.15) is 12.2 Å². The van der Waals surface area contributed by atoms with E-state index in [9.17, 15) is 4.79 Å². The Kier molecular flexibility index (Phi) is 4.93. The molecule has 0 amide bonds. The van der Waals surface area contributed by atoms with Gasteiger partial charge in [-0.2, -0.15) is 0 Å². The summed E-state index contributed by atoms with van der Waals surface area (Å²) in [7, 11) is 0. The maximum Gasteiger partial charge on any atom is 0.235 e. The van der Waals surface area contributed by atoms with Crippen molar-refractivity contribution in [3.63, 3.8) is 0 Å². The Labute approximate surface area is 168 Å². The number of hydrogen-bond acceptors (Lipinski definition) is 3. The van der Waals surface area contributed by atoms with E-state index in [4.69, 9.17) is 20.8 Å². The van der Waals surface area contributed by atoms with Crippen molar-refractivity contribution in [1.29, 1.82) is 0 Å². The minimum Gasteiger partial charge on any atom is -0.481 e. The molecule has 0 aliphatic heterocycles. The third kappa shape index (κ3) is 3.54. The van der Waals surface area contributed by atoms with Crippen molar-refractivity contribution >= 4 is 22.6 Å². The van der Waals surface area contributed by atoms with Crippen molar-refractivity contribution in [2.75, 3.05) is 0 Å². The second-order valence-corrected chi connectivity index (χ2v) is 7.24. The number of ether oxygens (including phenoxy) is 1. The molecule has 4 rings (SSSR count). The zero-order valence-corrected chi connectivity index (χ0v) is 16.4. The van der Waals surface area contributed by atoms with Crippen LogP contribution in [0.15, 0.2) is 75.9 Å². The van der Waals surface area contributed by atoms with Crippen LogP contribution in [0.5, 0.6) is 5.75 Å². The molecule has 0 saturated heterocycles. The lowest BCUT2D eigenvalue weighted by atomic mass is 10.0. The summed E-state index contributed by atoms with van der Waals surface area (Å²) >= 11 is 5.95. The number of hydrogen-bond donors (Lipinski definition) is 0. The fraction of sp³-hybridized carbons (Fsp3) is 0.125. The van der Waals surface area contributed by atoms with Gasteiger partial charge in [-0.15, -0.1) is 0 Å². The Bertz CT molecular complexity index is 1190. The number of fused-ring (bicyclic) bond motifs is 1. The van der Waals surface area contributed by atoms with Gasteiger partial charge in [-0.1, -0.05) is 54.1 Å². The summed E-state index contributed by atoms with van der Waals surface area (Å²) < 4.78 is 12.1. The topological polar surface area (TPSA) is 39.4 Å². The van der Waals surface area contributed by atoms with Crippen molar-refractivity contribution in [2.45, 2.75) is 20.5 Å². The van der Waals surface area contributed by atoms with Crippen LogP contribution < -0.4 is 10.2 Å². The molecule has 0 fully saturated rings. The highest BCUT2D eigenvalue weighted by molar-refractivity contribution is 6.30. The van der Waals surface area contributed by atoms with Gasteiger partial charge >= 0.3 is 0 Å². The predicted octanol–water partition coefficient (Wildman–Crippen LogP) is 6.31. The van der Waals surface area contributed by atoms with Crippen molar-refractivity contribution < 1.29 is 9.15 Å². The van der Waals surface area contributed by atoms with Gasteiger partial charge in [0.25, 0.3) is 0 Å². The van der Waals surface area contributed by atoms with Gasteiger partial charge in [-0.3, -0.25) is 4.79 Å². The second kappa shape index (κ2) is 7.53. The van der Waals surface area contributed by atoms with E-state index in [0.29, 0.717) is 21.8 Å². The predicted molar refractivity (Wildman–Crippen MR) is 113 cm³/mol. The normalized spacial score (nSPS) is 11.0. The van der Waals surface area contributed by atoms with Gasteiger partial charge in [0.15, 0.2) is 5.76 Å². The van der Waals surface area contributed by atoms with Gasteiger partial charge < -0.3 is 9.15 Å².